The highest BCUT2D eigenvalue weighted by atomic mass is 16.5. The van der Waals surface area contributed by atoms with Crippen molar-refractivity contribution < 1.29 is 14.1 Å². The van der Waals surface area contributed by atoms with Crippen LogP contribution in [0.1, 0.15) is 49.7 Å². The second-order valence-electron chi connectivity index (χ2n) is 8.56. The number of aromatic nitrogens is 2. The van der Waals surface area contributed by atoms with Crippen LogP contribution in [0.5, 0.6) is 0 Å². The van der Waals surface area contributed by atoms with Gasteiger partial charge in [-0.3, -0.25) is 9.59 Å². The largest absolute Gasteiger partial charge is 0.342 e. The van der Waals surface area contributed by atoms with Crippen molar-refractivity contribution in [2.45, 2.75) is 44.4 Å². The molecule has 0 spiro atoms. The smallest absolute Gasteiger partial charge is 0.228 e. The van der Waals surface area contributed by atoms with Gasteiger partial charge in [-0.05, 0) is 43.7 Å². The van der Waals surface area contributed by atoms with Crippen molar-refractivity contribution in [1.82, 2.24) is 15.0 Å². The highest BCUT2D eigenvalue weighted by molar-refractivity contribution is 6.00. The molecule has 1 aliphatic carbocycles. The normalized spacial score (nSPS) is 24.9. The highest BCUT2D eigenvalue weighted by Gasteiger charge is 2.38. The zero-order valence-electron chi connectivity index (χ0n) is 16.5. The van der Waals surface area contributed by atoms with Crippen LogP contribution in [-0.2, 0) is 16.0 Å². The van der Waals surface area contributed by atoms with Crippen LogP contribution in [0.15, 0.2) is 34.9 Å². The number of rotatable bonds is 5. The molecule has 7 nitrogen and oxygen atoms in total. The summed E-state index contributed by atoms with van der Waals surface area (Å²) in [5, 5.41) is 4.10. The van der Waals surface area contributed by atoms with Gasteiger partial charge in [0.1, 0.15) is 0 Å². The van der Waals surface area contributed by atoms with Crippen LogP contribution in [0.4, 0.5) is 5.69 Å². The standard InChI is InChI=1S/C22H26N4O3/c27-20-12-17(14-26(20)18-6-2-1-3-7-18)22(28)25-10-4-5-15(13-25)11-19-23-21(24-29-19)16-8-9-16/h1-3,6-7,15-17H,4-5,8-14H2. The van der Waals surface area contributed by atoms with Crippen molar-refractivity contribution in [1.29, 1.82) is 0 Å². The number of anilines is 1. The Morgan fingerprint density at radius 3 is 2.76 bits per heavy atom. The summed E-state index contributed by atoms with van der Waals surface area (Å²) >= 11 is 0. The van der Waals surface area contributed by atoms with Gasteiger partial charge in [-0.2, -0.15) is 4.98 Å². The number of carbonyl (C=O) groups is 2. The molecule has 1 aromatic heterocycles. The number of amides is 2. The molecule has 0 radical (unpaired) electrons. The molecule has 2 saturated heterocycles. The van der Waals surface area contributed by atoms with Gasteiger partial charge in [-0.25, -0.2) is 0 Å². The fraction of sp³-hybridized carbons (Fsp3) is 0.545. The molecule has 1 saturated carbocycles. The molecule has 3 heterocycles. The second-order valence-corrected chi connectivity index (χ2v) is 8.56. The first kappa shape index (κ1) is 18.3. The van der Waals surface area contributed by atoms with Crippen LogP contribution in [0.3, 0.4) is 0 Å². The fourth-order valence-electron chi connectivity index (χ4n) is 4.53. The molecule has 0 bridgehead atoms. The van der Waals surface area contributed by atoms with Gasteiger partial charge in [0.2, 0.25) is 17.7 Å². The van der Waals surface area contributed by atoms with E-state index in [1.165, 1.54) is 0 Å². The van der Waals surface area contributed by atoms with Crippen LogP contribution < -0.4 is 4.90 Å². The van der Waals surface area contributed by atoms with Gasteiger partial charge < -0.3 is 14.3 Å². The van der Waals surface area contributed by atoms with Crippen molar-refractivity contribution in [2.75, 3.05) is 24.5 Å². The maximum atomic E-state index is 13.1. The molecule has 2 amide bonds. The van der Waals surface area contributed by atoms with Crippen molar-refractivity contribution in [3.8, 4) is 0 Å². The molecular weight excluding hydrogens is 368 g/mol. The lowest BCUT2D eigenvalue weighted by molar-refractivity contribution is -0.137. The first-order valence-electron chi connectivity index (χ1n) is 10.6. The molecule has 1 aromatic carbocycles. The van der Waals surface area contributed by atoms with Crippen LogP contribution in [0.25, 0.3) is 0 Å². The van der Waals surface area contributed by atoms with E-state index in [0.717, 1.165) is 50.2 Å². The summed E-state index contributed by atoms with van der Waals surface area (Å²) < 4.78 is 5.43. The summed E-state index contributed by atoms with van der Waals surface area (Å²) in [5.74, 6) is 2.23. The molecule has 7 heteroatoms. The summed E-state index contributed by atoms with van der Waals surface area (Å²) in [6.45, 7) is 1.94. The Kier molecular flexibility index (Phi) is 4.81. The quantitative estimate of drug-likeness (QED) is 0.779. The number of para-hydroxylation sites is 1. The van der Waals surface area contributed by atoms with E-state index in [1.54, 1.807) is 4.90 Å². The average Bonchev–Trinajstić information content (AvgIpc) is 3.38. The van der Waals surface area contributed by atoms with E-state index in [2.05, 4.69) is 10.1 Å². The molecule has 2 aliphatic heterocycles. The second kappa shape index (κ2) is 7.61. The number of hydrogen-bond donors (Lipinski definition) is 0. The van der Waals surface area contributed by atoms with Gasteiger partial charge in [-0.15, -0.1) is 0 Å². The molecule has 3 fully saturated rings. The predicted octanol–water partition coefficient (Wildman–Crippen LogP) is 2.78. The number of hydrogen-bond acceptors (Lipinski definition) is 5. The number of likely N-dealkylation sites (tertiary alicyclic amines) is 1. The molecule has 152 valence electrons. The number of carbonyl (C=O) groups excluding carboxylic acids is 2. The van der Waals surface area contributed by atoms with E-state index in [0.29, 0.717) is 37.2 Å². The molecule has 3 aliphatic rings. The third kappa shape index (κ3) is 3.91. The summed E-state index contributed by atoms with van der Waals surface area (Å²) in [7, 11) is 0. The monoisotopic (exact) mass is 394 g/mol. The minimum absolute atomic E-state index is 0.0292. The molecule has 0 N–H and O–H groups in total. The Labute approximate surface area is 170 Å². The fourth-order valence-corrected chi connectivity index (χ4v) is 4.53. The summed E-state index contributed by atoms with van der Waals surface area (Å²) in [4.78, 5) is 33.8. The average molecular weight is 394 g/mol. The van der Waals surface area contributed by atoms with Gasteiger partial charge in [0, 0.05) is 44.1 Å². The lowest BCUT2D eigenvalue weighted by atomic mass is 9.93. The zero-order valence-corrected chi connectivity index (χ0v) is 16.5. The molecule has 2 unspecified atom stereocenters. The minimum atomic E-state index is -0.258. The maximum Gasteiger partial charge on any atom is 0.228 e. The van der Waals surface area contributed by atoms with E-state index < -0.39 is 0 Å². The van der Waals surface area contributed by atoms with Crippen molar-refractivity contribution in [2.24, 2.45) is 11.8 Å². The van der Waals surface area contributed by atoms with E-state index >= 15 is 0 Å². The van der Waals surface area contributed by atoms with Gasteiger partial charge in [0.05, 0.1) is 5.92 Å². The Morgan fingerprint density at radius 2 is 1.97 bits per heavy atom. The molecule has 2 aromatic rings. The van der Waals surface area contributed by atoms with Gasteiger partial charge in [0.25, 0.3) is 0 Å². The van der Waals surface area contributed by atoms with Crippen LogP contribution >= 0.6 is 0 Å². The zero-order chi connectivity index (χ0) is 19.8. The molecular formula is C22H26N4O3. The summed E-state index contributed by atoms with van der Waals surface area (Å²) in [6.07, 6.45) is 5.37. The third-order valence-corrected chi connectivity index (χ3v) is 6.26. The highest BCUT2D eigenvalue weighted by Crippen LogP contribution is 2.38. The number of nitrogens with zero attached hydrogens (tertiary/aromatic N) is 4. The van der Waals surface area contributed by atoms with Gasteiger partial charge >= 0.3 is 0 Å². The minimum Gasteiger partial charge on any atom is -0.342 e. The summed E-state index contributed by atoms with van der Waals surface area (Å²) in [5.41, 5.74) is 0.868. The van der Waals surface area contributed by atoms with E-state index in [1.807, 2.05) is 35.2 Å². The summed E-state index contributed by atoms with van der Waals surface area (Å²) in [6, 6.07) is 9.60. The predicted molar refractivity (Wildman–Crippen MR) is 106 cm³/mol. The van der Waals surface area contributed by atoms with Crippen LogP contribution in [0.2, 0.25) is 0 Å². The first-order valence-corrected chi connectivity index (χ1v) is 10.6. The first-order chi connectivity index (χ1) is 14.2. The Balaban J connectivity index is 1.20. The SMILES string of the molecule is O=C(C1CC(=O)N(c2ccccc2)C1)N1CCCC(Cc2nc(C3CC3)no2)C1. The Bertz CT molecular complexity index is 892. The van der Waals surface area contributed by atoms with E-state index in [-0.39, 0.29) is 17.7 Å². The van der Waals surface area contributed by atoms with E-state index in [4.69, 9.17) is 4.52 Å². The Hall–Kier alpha value is -2.70. The van der Waals surface area contributed by atoms with Crippen molar-refractivity contribution in [3.05, 3.63) is 42.0 Å². The lowest BCUT2D eigenvalue weighted by Crippen LogP contribution is -2.44. The molecule has 5 rings (SSSR count). The number of piperidine rings is 1. The lowest BCUT2D eigenvalue weighted by Gasteiger charge is -2.33. The Morgan fingerprint density at radius 1 is 1.14 bits per heavy atom. The van der Waals surface area contributed by atoms with Crippen LogP contribution in [0, 0.1) is 11.8 Å². The van der Waals surface area contributed by atoms with Crippen molar-refractivity contribution >= 4 is 17.5 Å². The van der Waals surface area contributed by atoms with Gasteiger partial charge in [-0.1, -0.05) is 23.4 Å². The molecule has 2 atom stereocenters. The number of benzene rings is 1. The van der Waals surface area contributed by atoms with Gasteiger partial charge in [0.15, 0.2) is 5.82 Å². The topological polar surface area (TPSA) is 79.5 Å². The molecule has 29 heavy (non-hydrogen) atoms. The van der Waals surface area contributed by atoms with Crippen molar-refractivity contribution in [3.63, 3.8) is 0 Å². The van der Waals surface area contributed by atoms with Crippen LogP contribution in [-0.4, -0.2) is 46.5 Å². The van der Waals surface area contributed by atoms with E-state index in [9.17, 15) is 9.59 Å². The third-order valence-electron chi connectivity index (χ3n) is 6.26. The maximum absolute atomic E-state index is 13.1.